The van der Waals surface area contributed by atoms with Crippen LogP contribution >= 0.6 is 0 Å². The van der Waals surface area contributed by atoms with Gasteiger partial charge in [-0.1, -0.05) is 63.5 Å². The quantitative estimate of drug-likeness (QED) is 0.400. The summed E-state index contributed by atoms with van der Waals surface area (Å²) in [5, 5.41) is 18.7. The zero-order valence-corrected chi connectivity index (χ0v) is 11.7. The van der Waals surface area contributed by atoms with Gasteiger partial charge in [0.05, 0.1) is 6.10 Å². The van der Waals surface area contributed by atoms with E-state index in [1.54, 1.807) is 12.2 Å². The van der Waals surface area contributed by atoms with Crippen LogP contribution in [0, 0.1) is 23.7 Å². The second kappa shape index (κ2) is 13.0. The van der Waals surface area contributed by atoms with Gasteiger partial charge >= 0.3 is 0 Å². The standard InChI is InChI=1S/C17H24O2/c1-3-5-6-7-11-14-17(19)15-12-9-8-10-13-16(18)4-2/h4,12,15-19H,2-3,5-7,11,14H2,1H3/b15-12-/t16-,17-/m1/s1. The van der Waals surface area contributed by atoms with E-state index in [-0.39, 0.29) is 0 Å². The molecule has 0 rings (SSSR count). The van der Waals surface area contributed by atoms with E-state index in [2.05, 4.69) is 37.2 Å². The lowest BCUT2D eigenvalue weighted by molar-refractivity contribution is 0.208. The van der Waals surface area contributed by atoms with E-state index >= 15 is 0 Å². The molecule has 0 radical (unpaired) electrons. The monoisotopic (exact) mass is 260 g/mol. The summed E-state index contributed by atoms with van der Waals surface area (Å²) in [7, 11) is 0. The molecule has 2 heteroatoms. The molecule has 0 amide bonds. The van der Waals surface area contributed by atoms with Crippen molar-refractivity contribution < 1.29 is 10.2 Å². The number of unbranched alkanes of at least 4 members (excludes halogenated alkanes) is 4. The zero-order valence-electron chi connectivity index (χ0n) is 11.7. The second-order valence-corrected chi connectivity index (χ2v) is 4.35. The molecule has 0 unspecified atom stereocenters. The van der Waals surface area contributed by atoms with Crippen molar-refractivity contribution in [2.24, 2.45) is 0 Å². The molecule has 0 aromatic carbocycles. The highest BCUT2D eigenvalue weighted by molar-refractivity contribution is 5.32. The molecule has 0 spiro atoms. The van der Waals surface area contributed by atoms with Crippen molar-refractivity contribution >= 4 is 0 Å². The molecule has 2 atom stereocenters. The Labute approximate surface area is 117 Å². The van der Waals surface area contributed by atoms with Gasteiger partial charge in [0.15, 0.2) is 0 Å². The van der Waals surface area contributed by atoms with Gasteiger partial charge in [-0.15, -0.1) is 0 Å². The Hall–Kier alpha value is -1.48. The fourth-order valence-corrected chi connectivity index (χ4v) is 1.46. The normalized spacial score (nSPS) is 13.0. The van der Waals surface area contributed by atoms with Crippen LogP contribution in [0.15, 0.2) is 24.8 Å². The molecule has 0 saturated heterocycles. The molecule has 2 nitrogen and oxygen atoms in total. The number of aliphatic hydroxyl groups is 2. The summed E-state index contributed by atoms with van der Waals surface area (Å²) in [4.78, 5) is 0. The Bertz CT molecular complexity index is 374. The Morgan fingerprint density at radius 1 is 1.11 bits per heavy atom. The summed E-state index contributed by atoms with van der Waals surface area (Å²) < 4.78 is 0. The van der Waals surface area contributed by atoms with Gasteiger partial charge in [0.2, 0.25) is 0 Å². The summed E-state index contributed by atoms with van der Waals surface area (Å²) in [5.74, 6) is 10.3. The van der Waals surface area contributed by atoms with Crippen molar-refractivity contribution in [2.75, 3.05) is 0 Å². The van der Waals surface area contributed by atoms with Crippen LogP contribution in [0.25, 0.3) is 0 Å². The molecule has 0 aliphatic rings. The number of hydrogen-bond acceptors (Lipinski definition) is 2. The van der Waals surface area contributed by atoms with Crippen molar-refractivity contribution in [3.8, 4) is 23.7 Å². The van der Waals surface area contributed by atoms with Gasteiger partial charge < -0.3 is 10.2 Å². The maximum atomic E-state index is 9.64. The Kier molecular flexibility index (Phi) is 12.0. The predicted octanol–water partition coefficient (Wildman–Crippen LogP) is 2.82. The molecular weight excluding hydrogens is 236 g/mol. The summed E-state index contributed by atoms with van der Waals surface area (Å²) in [6.45, 7) is 5.59. The summed E-state index contributed by atoms with van der Waals surface area (Å²) >= 11 is 0. The number of rotatable bonds is 8. The fourth-order valence-electron chi connectivity index (χ4n) is 1.46. The van der Waals surface area contributed by atoms with Crippen LogP contribution in [0.5, 0.6) is 0 Å². The van der Waals surface area contributed by atoms with Crippen LogP contribution in [-0.2, 0) is 0 Å². The van der Waals surface area contributed by atoms with E-state index in [0.29, 0.717) is 0 Å². The minimum atomic E-state index is -0.827. The fraction of sp³-hybridized carbons (Fsp3) is 0.529. The first-order valence-corrected chi connectivity index (χ1v) is 6.87. The minimum absolute atomic E-state index is 0.428. The van der Waals surface area contributed by atoms with Gasteiger partial charge in [-0.25, -0.2) is 0 Å². The molecule has 2 N–H and O–H groups in total. The number of allylic oxidation sites excluding steroid dienone is 1. The summed E-state index contributed by atoms with van der Waals surface area (Å²) in [5.41, 5.74) is 0. The Morgan fingerprint density at radius 3 is 2.53 bits per heavy atom. The smallest absolute Gasteiger partial charge is 0.134 e. The molecule has 0 aliphatic carbocycles. The van der Waals surface area contributed by atoms with Crippen LogP contribution in [-0.4, -0.2) is 22.4 Å². The van der Waals surface area contributed by atoms with E-state index in [0.717, 1.165) is 12.8 Å². The highest BCUT2D eigenvalue weighted by Crippen LogP contribution is 2.07. The molecule has 0 aliphatic heterocycles. The van der Waals surface area contributed by atoms with E-state index in [1.807, 2.05) is 0 Å². The van der Waals surface area contributed by atoms with Crippen molar-refractivity contribution in [2.45, 2.75) is 57.7 Å². The maximum Gasteiger partial charge on any atom is 0.134 e. The van der Waals surface area contributed by atoms with Gasteiger partial charge in [0, 0.05) is 0 Å². The molecule has 0 aromatic rings. The van der Waals surface area contributed by atoms with Crippen molar-refractivity contribution in [1.29, 1.82) is 0 Å². The van der Waals surface area contributed by atoms with E-state index in [9.17, 15) is 5.11 Å². The molecule has 19 heavy (non-hydrogen) atoms. The average Bonchev–Trinajstić information content (AvgIpc) is 2.42. The van der Waals surface area contributed by atoms with Crippen LogP contribution in [0.2, 0.25) is 0 Å². The first-order valence-electron chi connectivity index (χ1n) is 6.87. The number of hydrogen-bond donors (Lipinski definition) is 2. The first kappa shape index (κ1) is 17.5. The topological polar surface area (TPSA) is 40.5 Å². The average molecular weight is 260 g/mol. The number of aliphatic hydroxyl groups excluding tert-OH is 2. The van der Waals surface area contributed by atoms with Gasteiger partial charge in [-0.3, -0.25) is 0 Å². The van der Waals surface area contributed by atoms with Crippen molar-refractivity contribution in [1.82, 2.24) is 0 Å². The van der Waals surface area contributed by atoms with Crippen molar-refractivity contribution in [3.63, 3.8) is 0 Å². The zero-order chi connectivity index (χ0) is 14.3. The third-order valence-corrected chi connectivity index (χ3v) is 2.58. The largest absolute Gasteiger partial charge is 0.389 e. The van der Waals surface area contributed by atoms with Gasteiger partial charge in [-0.05, 0) is 30.4 Å². The molecule has 0 aromatic heterocycles. The SMILES string of the molecule is C=C[C@@H](O)C#CC#C/C=C\[C@H](O)CCCCCCC. The molecular formula is C17H24O2. The van der Waals surface area contributed by atoms with Crippen LogP contribution in [0.4, 0.5) is 0 Å². The van der Waals surface area contributed by atoms with Crippen LogP contribution < -0.4 is 0 Å². The molecule has 0 fully saturated rings. The highest BCUT2D eigenvalue weighted by Gasteiger charge is 1.97. The van der Waals surface area contributed by atoms with Crippen LogP contribution in [0.1, 0.15) is 45.4 Å². The van der Waals surface area contributed by atoms with Gasteiger partial charge in [-0.2, -0.15) is 0 Å². The van der Waals surface area contributed by atoms with E-state index in [1.165, 1.54) is 31.8 Å². The Balaban J connectivity index is 3.77. The minimum Gasteiger partial charge on any atom is -0.389 e. The van der Waals surface area contributed by atoms with Crippen LogP contribution in [0.3, 0.4) is 0 Å². The predicted molar refractivity (Wildman–Crippen MR) is 80.3 cm³/mol. The molecule has 0 bridgehead atoms. The molecule has 0 saturated carbocycles. The second-order valence-electron chi connectivity index (χ2n) is 4.35. The summed E-state index contributed by atoms with van der Waals surface area (Å²) in [6.07, 6.45) is 10.1. The highest BCUT2D eigenvalue weighted by atomic mass is 16.3. The molecule has 104 valence electrons. The van der Waals surface area contributed by atoms with E-state index in [4.69, 9.17) is 5.11 Å². The lowest BCUT2D eigenvalue weighted by atomic mass is 10.1. The van der Waals surface area contributed by atoms with Gasteiger partial charge in [0.1, 0.15) is 6.10 Å². The Morgan fingerprint density at radius 2 is 1.84 bits per heavy atom. The van der Waals surface area contributed by atoms with Gasteiger partial charge in [0.25, 0.3) is 0 Å². The lowest BCUT2D eigenvalue weighted by Crippen LogP contribution is -2.01. The van der Waals surface area contributed by atoms with Crippen molar-refractivity contribution in [3.05, 3.63) is 24.8 Å². The third-order valence-electron chi connectivity index (χ3n) is 2.58. The summed E-state index contributed by atoms with van der Waals surface area (Å²) in [6, 6.07) is 0. The first-order chi connectivity index (χ1) is 9.20. The molecule has 0 heterocycles. The third kappa shape index (κ3) is 12.8. The van der Waals surface area contributed by atoms with E-state index < -0.39 is 12.2 Å². The maximum absolute atomic E-state index is 9.64. The lowest BCUT2D eigenvalue weighted by Gasteiger charge is -2.03.